The molecule has 0 radical (unpaired) electrons. The van der Waals surface area contributed by atoms with E-state index in [1.54, 1.807) is 26.0 Å². The molecule has 2 heterocycles. The van der Waals surface area contributed by atoms with Crippen molar-refractivity contribution in [2.75, 3.05) is 18.4 Å². The quantitative estimate of drug-likeness (QED) is 0.833. The standard InChI is InChI=1S/C18H22ClN3O4S/c1-11-4-5-15(19)10-16(11)20-18(23)14-6-8-22(9-7-14)27(24,25)17-12(2)21-26-13(17)3/h4-5,10,14H,6-9H2,1-3H3,(H,20,23). The van der Waals surface area contributed by atoms with Gasteiger partial charge >= 0.3 is 0 Å². The van der Waals surface area contributed by atoms with E-state index in [1.165, 1.54) is 4.31 Å². The smallest absolute Gasteiger partial charge is 0.248 e. The van der Waals surface area contributed by atoms with E-state index in [0.29, 0.717) is 29.2 Å². The van der Waals surface area contributed by atoms with Gasteiger partial charge in [0.25, 0.3) is 0 Å². The van der Waals surface area contributed by atoms with Gasteiger partial charge in [-0.3, -0.25) is 4.79 Å². The third-order valence-corrected chi connectivity index (χ3v) is 7.23. The number of benzene rings is 1. The van der Waals surface area contributed by atoms with E-state index >= 15 is 0 Å². The first-order chi connectivity index (χ1) is 12.7. The second-order valence-corrected chi connectivity index (χ2v) is 9.09. The van der Waals surface area contributed by atoms with Crippen LogP contribution in [0.25, 0.3) is 0 Å². The van der Waals surface area contributed by atoms with E-state index in [4.69, 9.17) is 16.1 Å². The third kappa shape index (κ3) is 4.02. The van der Waals surface area contributed by atoms with Crippen LogP contribution >= 0.6 is 11.6 Å². The van der Waals surface area contributed by atoms with Gasteiger partial charge in [-0.1, -0.05) is 22.8 Å². The van der Waals surface area contributed by atoms with Crippen LogP contribution in [-0.2, 0) is 14.8 Å². The van der Waals surface area contributed by atoms with Crippen molar-refractivity contribution in [2.24, 2.45) is 5.92 Å². The Morgan fingerprint density at radius 1 is 1.26 bits per heavy atom. The number of anilines is 1. The molecule has 0 bridgehead atoms. The van der Waals surface area contributed by atoms with Crippen molar-refractivity contribution >= 4 is 33.2 Å². The van der Waals surface area contributed by atoms with E-state index in [9.17, 15) is 13.2 Å². The highest BCUT2D eigenvalue weighted by Gasteiger charge is 2.35. The number of carbonyl (C=O) groups excluding carboxylic acids is 1. The molecule has 7 nitrogen and oxygen atoms in total. The fourth-order valence-corrected chi connectivity index (χ4v) is 5.23. The minimum absolute atomic E-state index is 0.116. The molecule has 1 aliphatic heterocycles. The molecule has 3 rings (SSSR count). The molecule has 1 fully saturated rings. The molecule has 146 valence electrons. The summed E-state index contributed by atoms with van der Waals surface area (Å²) in [7, 11) is -3.67. The molecule has 1 amide bonds. The van der Waals surface area contributed by atoms with Crippen LogP contribution in [-0.4, -0.2) is 36.9 Å². The van der Waals surface area contributed by atoms with Crippen molar-refractivity contribution in [3.8, 4) is 0 Å². The second-order valence-electron chi connectivity index (χ2n) is 6.78. The van der Waals surface area contributed by atoms with Gasteiger partial charge in [0.2, 0.25) is 15.9 Å². The number of aromatic nitrogens is 1. The fraction of sp³-hybridized carbons (Fsp3) is 0.444. The zero-order valence-corrected chi connectivity index (χ0v) is 17.0. The van der Waals surface area contributed by atoms with Crippen LogP contribution in [0.3, 0.4) is 0 Å². The molecular formula is C18H22ClN3O4S. The third-order valence-electron chi connectivity index (χ3n) is 4.85. The van der Waals surface area contributed by atoms with Crippen molar-refractivity contribution in [1.29, 1.82) is 0 Å². The highest BCUT2D eigenvalue weighted by Crippen LogP contribution is 2.29. The monoisotopic (exact) mass is 411 g/mol. The SMILES string of the molecule is Cc1ccc(Cl)cc1NC(=O)C1CCN(S(=O)(=O)c2c(C)noc2C)CC1. The van der Waals surface area contributed by atoms with Crippen molar-refractivity contribution in [3.63, 3.8) is 0 Å². The first-order valence-corrected chi connectivity index (χ1v) is 10.5. The molecule has 27 heavy (non-hydrogen) atoms. The van der Waals surface area contributed by atoms with Gasteiger partial charge in [0, 0.05) is 29.7 Å². The summed E-state index contributed by atoms with van der Waals surface area (Å²) in [6.07, 6.45) is 0.905. The molecule has 0 saturated carbocycles. The minimum atomic E-state index is -3.67. The normalized spacial score (nSPS) is 16.4. The van der Waals surface area contributed by atoms with Crippen molar-refractivity contribution in [3.05, 3.63) is 40.2 Å². The van der Waals surface area contributed by atoms with Gasteiger partial charge in [-0.25, -0.2) is 8.42 Å². The lowest BCUT2D eigenvalue weighted by molar-refractivity contribution is -0.120. The van der Waals surface area contributed by atoms with Gasteiger partial charge in [-0.05, 0) is 51.3 Å². The maximum Gasteiger partial charge on any atom is 0.248 e. The van der Waals surface area contributed by atoms with Crippen LogP contribution in [0.4, 0.5) is 5.69 Å². The number of hydrogen-bond acceptors (Lipinski definition) is 5. The van der Waals surface area contributed by atoms with Gasteiger partial charge < -0.3 is 9.84 Å². The van der Waals surface area contributed by atoms with Gasteiger partial charge in [0.05, 0.1) is 0 Å². The van der Waals surface area contributed by atoms with E-state index in [0.717, 1.165) is 5.56 Å². The lowest BCUT2D eigenvalue weighted by atomic mass is 9.97. The zero-order valence-electron chi connectivity index (χ0n) is 15.5. The Bertz CT molecular complexity index is 943. The minimum Gasteiger partial charge on any atom is -0.360 e. The molecule has 0 unspecified atom stereocenters. The molecule has 0 atom stereocenters. The van der Waals surface area contributed by atoms with Crippen molar-refractivity contribution in [2.45, 2.75) is 38.5 Å². The summed E-state index contributed by atoms with van der Waals surface area (Å²) in [6, 6.07) is 5.33. The molecule has 1 saturated heterocycles. The van der Waals surface area contributed by atoms with Gasteiger partial charge in [-0.15, -0.1) is 0 Å². The van der Waals surface area contributed by atoms with E-state index < -0.39 is 10.0 Å². The molecule has 1 N–H and O–H groups in total. The number of halogens is 1. The number of nitrogens with zero attached hydrogens (tertiary/aromatic N) is 2. The van der Waals surface area contributed by atoms with Gasteiger partial charge in [0.1, 0.15) is 10.6 Å². The first kappa shape index (κ1) is 19.9. The Morgan fingerprint density at radius 3 is 2.52 bits per heavy atom. The number of aryl methyl sites for hydroxylation is 3. The molecule has 0 spiro atoms. The zero-order chi connectivity index (χ0) is 19.8. The largest absolute Gasteiger partial charge is 0.360 e. The Morgan fingerprint density at radius 2 is 1.93 bits per heavy atom. The number of nitrogens with one attached hydrogen (secondary N) is 1. The van der Waals surface area contributed by atoms with E-state index in [-0.39, 0.29) is 35.6 Å². The number of carbonyl (C=O) groups is 1. The van der Waals surface area contributed by atoms with Gasteiger partial charge in [-0.2, -0.15) is 4.31 Å². The predicted molar refractivity (Wildman–Crippen MR) is 102 cm³/mol. The lowest BCUT2D eigenvalue weighted by Gasteiger charge is -2.30. The van der Waals surface area contributed by atoms with Crippen LogP contribution in [0.5, 0.6) is 0 Å². The average Bonchev–Trinajstić information content (AvgIpc) is 2.97. The molecular weight excluding hydrogens is 390 g/mol. The summed E-state index contributed by atoms with van der Waals surface area (Å²) in [6.45, 7) is 5.64. The van der Waals surface area contributed by atoms with E-state index in [2.05, 4.69) is 10.5 Å². The van der Waals surface area contributed by atoms with Crippen LogP contribution < -0.4 is 5.32 Å². The molecule has 1 aromatic carbocycles. The summed E-state index contributed by atoms with van der Waals surface area (Å²) in [5.74, 6) is -0.0851. The summed E-state index contributed by atoms with van der Waals surface area (Å²) < 4.78 is 32.1. The topological polar surface area (TPSA) is 92.5 Å². The molecule has 9 heteroatoms. The van der Waals surface area contributed by atoms with Gasteiger partial charge in [0.15, 0.2) is 5.76 Å². The highest BCUT2D eigenvalue weighted by molar-refractivity contribution is 7.89. The Labute approximate surface area is 163 Å². The number of sulfonamides is 1. The maximum absolute atomic E-state index is 12.9. The maximum atomic E-state index is 12.9. The summed E-state index contributed by atoms with van der Waals surface area (Å²) >= 11 is 5.99. The fourth-order valence-electron chi connectivity index (χ4n) is 3.29. The lowest BCUT2D eigenvalue weighted by Crippen LogP contribution is -2.41. The first-order valence-electron chi connectivity index (χ1n) is 8.70. The van der Waals surface area contributed by atoms with Crippen molar-refractivity contribution < 1.29 is 17.7 Å². The Hall–Kier alpha value is -1.90. The highest BCUT2D eigenvalue weighted by atomic mass is 35.5. The summed E-state index contributed by atoms with van der Waals surface area (Å²) in [5.41, 5.74) is 1.95. The molecule has 1 aromatic heterocycles. The van der Waals surface area contributed by atoms with E-state index in [1.807, 2.05) is 13.0 Å². The van der Waals surface area contributed by atoms with Crippen LogP contribution in [0.1, 0.15) is 29.9 Å². The second kappa shape index (κ2) is 7.61. The predicted octanol–water partition coefficient (Wildman–Crippen LogP) is 3.29. The van der Waals surface area contributed by atoms with Crippen LogP contribution in [0.15, 0.2) is 27.6 Å². The number of rotatable bonds is 4. The summed E-state index contributed by atoms with van der Waals surface area (Å²) in [4.78, 5) is 12.7. The molecule has 1 aliphatic rings. The molecule has 2 aromatic rings. The summed E-state index contributed by atoms with van der Waals surface area (Å²) in [5, 5.41) is 7.18. The van der Waals surface area contributed by atoms with Crippen LogP contribution in [0.2, 0.25) is 5.02 Å². The number of hydrogen-bond donors (Lipinski definition) is 1. The number of piperidine rings is 1. The average molecular weight is 412 g/mol. The number of amides is 1. The Kier molecular flexibility index (Phi) is 5.60. The molecule has 0 aliphatic carbocycles. The van der Waals surface area contributed by atoms with Crippen LogP contribution in [0, 0.1) is 26.7 Å². The van der Waals surface area contributed by atoms with Crippen molar-refractivity contribution in [1.82, 2.24) is 9.46 Å². The Balaban J connectivity index is 1.66.